The van der Waals surface area contributed by atoms with Crippen LogP contribution < -0.4 is 10.9 Å². The fourth-order valence-corrected chi connectivity index (χ4v) is 0.961. The van der Waals surface area contributed by atoms with E-state index in [1.807, 2.05) is 5.32 Å². The third-order valence-electron chi connectivity index (χ3n) is 1.69. The minimum Gasteiger partial charge on any atom is -0.440 e. The quantitative estimate of drug-likeness (QED) is 0.845. The topological polar surface area (TPSA) is 71.2 Å². The molecule has 94 valence electrons. The zero-order valence-electron chi connectivity index (χ0n) is 8.50. The summed E-state index contributed by atoms with van der Waals surface area (Å²) in [6, 6.07) is 2.96. The van der Waals surface area contributed by atoms with E-state index in [4.69, 9.17) is 0 Å². The molecule has 0 fully saturated rings. The predicted molar refractivity (Wildman–Crippen MR) is 51.3 cm³/mol. The lowest BCUT2D eigenvalue weighted by molar-refractivity contribution is -0.160. The van der Waals surface area contributed by atoms with E-state index >= 15 is 0 Å². The van der Waals surface area contributed by atoms with Crippen LogP contribution in [0.5, 0.6) is 0 Å². The van der Waals surface area contributed by atoms with Crippen molar-refractivity contribution < 1.29 is 22.7 Å². The number of ether oxygens (including phenoxy) is 1. The predicted octanol–water partition coefficient (Wildman–Crippen LogP) is 1.16. The zero-order valence-corrected chi connectivity index (χ0v) is 8.50. The monoisotopic (exact) mass is 250 g/mol. The van der Waals surface area contributed by atoms with Crippen molar-refractivity contribution in [1.82, 2.24) is 10.3 Å². The molecule has 0 aromatic carbocycles. The van der Waals surface area contributed by atoms with Gasteiger partial charge in [-0.15, -0.1) is 0 Å². The Balaban J connectivity index is 2.39. The number of hydrogen-bond donors (Lipinski definition) is 2. The van der Waals surface area contributed by atoms with E-state index in [2.05, 4.69) is 9.72 Å². The van der Waals surface area contributed by atoms with Gasteiger partial charge in [-0.1, -0.05) is 6.07 Å². The highest BCUT2D eigenvalue weighted by Gasteiger charge is 2.29. The number of carbonyl (C=O) groups is 1. The Kier molecular flexibility index (Phi) is 4.13. The van der Waals surface area contributed by atoms with Crippen LogP contribution >= 0.6 is 0 Å². The van der Waals surface area contributed by atoms with Crippen LogP contribution in [0.1, 0.15) is 5.56 Å². The first-order valence-corrected chi connectivity index (χ1v) is 4.52. The highest BCUT2D eigenvalue weighted by molar-refractivity contribution is 5.67. The van der Waals surface area contributed by atoms with E-state index in [1.165, 1.54) is 18.3 Å². The summed E-state index contributed by atoms with van der Waals surface area (Å²) in [5, 5.41) is 2.03. The molecule has 1 rings (SSSR count). The van der Waals surface area contributed by atoms with Gasteiger partial charge in [-0.25, -0.2) is 4.79 Å². The maximum Gasteiger partial charge on any atom is 0.422 e. The lowest BCUT2D eigenvalue weighted by Crippen LogP contribution is -2.30. The largest absolute Gasteiger partial charge is 0.440 e. The number of H-pyrrole nitrogens is 1. The lowest BCUT2D eigenvalue weighted by Gasteiger charge is -2.08. The number of amides is 1. The van der Waals surface area contributed by atoms with Crippen molar-refractivity contribution in [2.45, 2.75) is 12.7 Å². The fourth-order valence-electron chi connectivity index (χ4n) is 0.961. The summed E-state index contributed by atoms with van der Waals surface area (Å²) in [6.45, 7) is -1.86. The number of pyridine rings is 1. The number of carbonyl (C=O) groups excluding carboxylic acids is 1. The van der Waals surface area contributed by atoms with Gasteiger partial charge in [0.05, 0.1) is 6.54 Å². The molecule has 0 spiro atoms. The summed E-state index contributed by atoms with van der Waals surface area (Å²) in [5.74, 6) is 0. The number of aromatic nitrogens is 1. The summed E-state index contributed by atoms with van der Waals surface area (Å²) in [5.41, 5.74) is -0.208. The number of halogens is 3. The van der Waals surface area contributed by atoms with Crippen molar-refractivity contribution in [3.8, 4) is 0 Å². The van der Waals surface area contributed by atoms with Crippen molar-refractivity contribution in [2.24, 2.45) is 0 Å². The van der Waals surface area contributed by atoms with Gasteiger partial charge in [-0.3, -0.25) is 4.79 Å². The Morgan fingerprint density at radius 1 is 1.47 bits per heavy atom. The first kappa shape index (κ1) is 13.1. The van der Waals surface area contributed by atoms with Crippen LogP contribution in [0.3, 0.4) is 0 Å². The average Bonchev–Trinajstić information content (AvgIpc) is 2.24. The Morgan fingerprint density at radius 3 is 2.76 bits per heavy atom. The number of alkyl carbamates (subject to hydrolysis) is 1. The SMILES string of the molecule is O=C(NCc1ccc[nH]c1=O)OCC(F)(F)F. The van der Waals surface area contributed by atoms with Gasteiger partial charge < -0.3 is 15.0 Å². The summed E-state index contributed by atoms with van der Waals surface area (Å²) >= 11 is 0. The normalized spacial score (nSPS) is 11.0. The molecule has 5 nitrogen and oxygen atoms in total. The van der Waals surface area contributed by atoms with Gasteiger partial charge in [0, 0.05) is 11.8 Å². The Bertz CT molecular complexity index is 442. The van der Waals surface area contributed by atoms with Crippen molar-refractivity contribution in [2.75, 3.05) is 6.61 Å². The molecule has 0 aliphatic heterocycles. The number of nitrogens with one attached hydrogen (secondary N) is 2. The Morgan fingerprint density at radius 2 is 2.18 bits per heavy atom. The molecule has 0 unspecified atom stereocenters. The van der Waals surface area contributed by atoms with E-state index in [9.17, 15) is 22.8 Å². The molecule has 0 aliphatic carbocycles. The number of rotatable bonds is 3. The Labute approximate surface area is 93.6 Å². The first-order chi connectivity index (χ1) is 7.88. The van der Waals surface area contributed by atoms with Crippen molar-refractivity contribution >= 4 is 6.09 Å². The summed E-state index contributed by atoms with van der Waals surface area (Å²) in [4.78, 5) is 24.3. The molecular weight excluding hydrogens is 241 g/mol. The van der Waals surface area contributed by atoms with Crippen LogP contribution in [0, 0.1) is 0 Å². The van der Waals surface area contributed by atoms with Crippen LogP contribution in [0.2, 0.25) is 0 Å². The Hall–Kier alpha value is -1.99. The van der Waals surface area contributed by atoms with Crippen molar-refractivity contribution in [3.63, 3.8) is 0 Å². The third kappa shape index (κ3) is 5.05. The zero-order chi connectivity index (χ0) is 12.9. The molecule has 8 heteroatoms. The lowest BCUT2D eigenvalue weighted by atomic mass is 10.3. The number of alkyl halides is 3. The summed E-state index contributed by atoms with van der Waals surface area (Å²) in [6.07, 6.45) is -4.40. The highest BCUT2D eigenvalue weighted by atomic mass is 19.4. The molecule has 2 N–H and O–H groups in total. The minimum atomic E-state index is -4.57. The minimum absolute atomic E-state index is 0.202. The van der Waals surface area contributed by atoms with Gasteiger partial charge in [-0.2, -0.15) is 13.2 Å². The second kappa shape index (κ2) is 5.37. The molecule has 0 atom stereocenters. The van der Waals surface area contributed by atoms with Crippen LogP contribution in [0.15, 0.2) is 23.1 Å². The maximum absolute atomic E-state index is 11.7. The third-order valence-corrected chi connectivity index (χ3v) is 1.69. The number of aromatic amines is 1. The molecule has 0 saturated heterocycles. The molecular formula is C9H9F3N2O3. The van der Waals surface area contributed by atoms with E-state index in [0.717, 1.165) is 0 Å². The van der Waals surface area contributed by atoms with E-state index < -0.39 is 24.4 Å². The van der Waals surface area contributed by atoms with Crippen LogP contribution in [-0.4, -0.2) is 23.9 Å². The first-order valence-electron chi connectivity index (χ1n) is 4.52. The second-order valence-corrected chi connectivity index (χ2v) is 3.07. The van der Waals surface area contributed by atoms with Gasteiger partial charge in [0.15, 0.2) is 6.61 Å². The standard InChI is InChI=1S/C9H9F3N2O3/c10-9(11,12)5-17-8(16)14-4-6-2-1-3-13-7(6)15/h1-3H,4-5H2,(H,13,15)(H,14,16). The van der Waals surface area contributed by atoms with Crippen LogP contribution in [0.25, 0.3) is 0 Å². The molecule has 1 heterocycles. The van der Waals surface area contributed by atoms with E-state index in [1.54, 1.807) is 0 Å². The van der Waals surface area contributed by atoms with Gasteiger partial charge in [0.1, 0.15) is 0 Å². The molecule has 17 heavy (non-hydrogen) atoms. The fraction of sp³-hybridized carbons (Fsp3) is 0.333. The van der Waals surface area contributed by atoms with Crippen LogP contribution in [0.4, 0.5) is 18.0 Å². The van der Waals surface area contributed by atoms with Gasteiger partial charge >= 0.3 is 12.3 Å². The van der Waals surface area contributed by atoms with Crippen molar-refractivity contribution in [3.05, 3.63) is 34.2 Å². The molecule has 1 aromatic heterocycles. The van der Waals surface area contributed by atoms with Crippen LogP contribution in [-0.2, 0) is 11.3 Å². The maximum atomic E-state index is 11.7. The van der Waals surface area contributed by atoms with Gasteiger partial charge in [0.25, 0.3) is 5.56 Å². The summed E-state index contributed by atoms with van der Waals surface area (Å²) < 4.78 is 38.9. The van der Waals surface area contributed by atoms with E-state index in [-0.39, 0.29) is 12.1 Å². The number of hydrogen-bond acceptors (Lipinski definition) is 3. The molecule has 0 aliphatic rings. The second-order valence-electron chi connectivity index (χ2n) is 3.07. The molecule has 1 aromatic rings. The molecule has 0 radical (unpaired) electrons. The molecule has 0 saturated carbocycles. The molecule has 1 amide bonds. The molecule has 0 bridgehead atoms. The van der Waals surface area contributed by atoms with Crippen molar-refractivity contribution in [1.29, 1.82) is 0 Å². The van der Waals surface area contributed by atoms with Gasteiger partial charge in [0.2, 0.25) is 0 Å². The highest BCUT2D eigenvalue weighted by Crippen LogP contribution is 2.14. The summed E-state index contributed by atoms with van der Waals surface area (Å²) in [7, 11) is 0. The smallest absolute Gasteiger partial charge is 0.422 e. The average molecular weight is 250 g/mol. The van der Waals surface area contributed by atoms with E-state index in [0.29, 0.717) is 0 Å². The van der Waals surface area contributed by atoms with Gasteiger partial charge in [-0.05, 0) is 6.07 Å².